The molecule has 0 aliphatic carbocycles. The van der Waals surface area contributed by atoms with Crippen molar-refractivity contribution in [2.75, 3.05) is 17.2 Å². The van der Waals surface area contributed by atoms with Gasteiger partial charge in [0.2, 0.25) is 0 Å². The van der Waals surface area contributed by atoms with Crippen molar-refractivity contribution in [3.05, 3.63) is 23.8 Å². The topological polar surface area (TPSA) is 49.5 Å². The highest BCUT2D eigenvalue weighted by Gasteiger charge is 2.23. The zero-order valence-electron chi connectivity index (χ0n) is 9.98. The van der Waals surface area contributed by atoms with E-state index >= 15 is 0 Å². The first kappa shape index (κ1) is 11.3. The van der Waals surface area contributed by atoms with Crippen LogP contribution < -0.4 is 10.6 Å². The molecule has 2 unspecified atom stereocenters. The molecule has 0 amide bonds. The fourth-order valence-corrected chi connectivity index (χ4v) is 2.33. The van der Waals surface area contributed by atoms with Crippen LogP contribution in [-0.2, 0) is 6.42 Å². The lowest BCUT2D eigenvalue weighted by Crippen LogP contribution is -2.43. The number of hydrogen-bond acceptors (Lipinski definition) is 3. The molecule has 1 aliphatic rings. The van der Waals surface area contributed by atoms with Gasteiger partial charge in [0.15, 0.2) is 0 Å². The highest BCUT2D eigenvalue weighted by atomic mass is 16.3. The zero-order valence-corrected chi connectivity index (χ0v) is 9.98. The number of anilines is 2. The van der Waals surface area contributed by atoms with Crippen LogP contribution in [0.5, 0.6) is 0 Å². The second-order valence-corrected chi connectivity index (χ2v) is 4.67. The van der Waals surface area contributed by atoms with Crippen LogP contribution >= 0.6 is 0 Å². The smallest absolute Gasteiger partial charge is 0.0712 e. The van der Waals surface area contributed by atoms with Crippen molar-refractivity contribution in [3.8, 4) is 0 Å². The standard InChI is InChI=1S/C13H20N2O/c1-9(10(2)16)15-7-3-4-11-8-12(14)5-6-13(11)15/h5-6,8-10,16H,3-4,7,14H2,1-2H3. The van der Waals surface area contributed by atoms with Gasteiger partial charge in [0.05, 0.1) is 12.1 Å². The molecule has 0 saturated carbocycles. The van der Waals surface area contributed by atoms with Crippen LogP contribution in [0.15, 0.2) is 18.2 Å². The Hall–Kier alpha value is -1.22. The first-order valence-electron chi connectivity index (χ1n) is 5.92. The van der Waals surface area contributed by atoms with Crippen molar-refractivity contribution in [2.24, 2.45) is 0 Å². The van der Waals surface area contributed by atoms with Gasteiger partial charge in [-0.2, -0.15) is 0 Å². The number of hydrogen-bond donors (Lipinski definition) is 2. The third kappa shape index (κ3) is 2.00. The lowest BCUT2D eigenvalue weighted by molar-refractivity contribution is 0.165. The number of aliphatic hydroxyl groups is 1. The van der Waals surface area contributed by atoms with Gasteiger partial charge in [-0.25, -0.2) is 0 Å². The van der Waals surface area contributed by atoms with E-state index in [4.69, 9.17) is 5.73 Å². The van der Waals surface area contributed by atoms with Crippen molar-refractivity contribution < 1.29 is 5.11 Å². The second kappa shape index (κ2) is 4.34. The molecule has 0 spiro atoms. The van der Waals surface area contributed by atoms with Gasteiger partial charge in [0.1, 0.15) is 0 Å². The Balaban J connectivity index is 2.33. The SMILES string of the molecule is CC(O)C(C)N1CCCc2cc(N)ccc21. The van der Waals surface area contributed by atoms with E-state index in [2.05, 4.69) is 24.0 Å². The minimum atomic E-state index is -0.316. The van der Waals surface area contributed by atoms with Gasteiger partial charge in [-0.15, -0.1) is 0 Å². The number of aliphatic hydroxyl groups excluding tert-OH is 1. The van der Waals surface area contributed by atoms with E-state index in [1.165, 1.54) is 11.3 Å². The van der Waals surface area contributed by atoms with E-state index in [9.17, 15) is 5.11 Å². The maximum absolute atomic E-state index is 9.69. The van der Waals surface area contributed by atoms with E-state index in [1.807, 2.05) is 13.0 Å². The van der Waals surface area contributed by atoms with Crippen LogP contribution in [0.1, 0.15) is 25.8 Å². The van der Waals surface area contributed by atoms with Gasteiger partial charge in [0.25, 0.3) is 0 Å². The van der Waals surface area contributed by atoms with Gasteiger partial charge < -0.3 is 15.7 Å². The monoisotopic (exact) mass is 220 g/mol. The van der Waals surface area contributed by atoms with Crippen molar-refractivity contribution in [1.82, 2.24) is 0 Å². The Bertz CT molecular complexity index is 376. The summed E-state index contributed by atoms with van der Waals surface area (Å²) < 4.78 is 0. The highest BCUT2D eigenvalue weighted by Crippen LogP contribution is 2.30. The van der Waals surface area contributed by atoms with Crippen LogP contribution in [-0.4, -0.2) is 23.8 Å². The molecule has 3 nitrogen and oxygen atoms in total. The zero-order chi connectivity index (χ0) is 11.7. The van der Waals surface area contributed by atoms with E-state index in [-0.39, 0.29) is 12.1 Å². The molecule has 16 heavy (non-hydrogen) atoms. The van der Waals surface area contributed by atoms with Gasteiger partial charge in [0, 0.05) is 17.9 Å². The Morgan fingerprint density at radius 2 is 2.12 bits per heavy atom. The summed E-state index contributed by atoms with van der Waals surface area (Å²) in [5.41, 5.74) is 9.15. The third-order valence-electron chi connectivity index (χ3n) is 3.45. The minimum absolute atomic E-state index is 0.155. The van der Waals surface area contributed by atoms with Gasteiger partial charge in [-0.3, -0.25) is 0 Å². The molecule has 2 atom stereocenters. The summed E-state index contributed by atoms with van der Waals surface area (Å²) in [5.74, 6) is 0. The van der Waals surface area contributed by atoms with Gasteiger partial charge >= 0.3 is 0 Å². The lowest BCUT2D eigenvalue weighted by atomic mass is 9.98. The molecule has 1 aromatic rings. The summed E-state index contributed by atoms with van der Waals surface area (Å²) in [6.07, 6.45) is 1.90. The van der Waals surface area contributed by atoms with E-state index in [1.54, 1.807) is 0 Å². The Kier molecular flexibility index (Phi) is 3.06. The number of rotatable bonds is 2. The van der Waals surface area contributed by atoms with Crippen molar-refractivity contribution in [1.29, 1.82) is 0 Å². The summed E-state index contributed by atoms with van der Waals surface area (Å²) in [6, 6.07) is 6.22. The third-order valence-corrected chi connectivity index (χ3v) is 3.45. The van der Waals surface area contributed by atoms with Gasteiger partial charge in [-0.05, 0) is 50.5 Å². The average Bonchev–Trinajstić information content (AvgIpc) is 2.26. The number of nitrogens with zero attached hydrogens (tertiary/aromatic N) is 1. The molecule has 1 heterocycles. The molecule has 3 heteroatoms. The van der Waals surface area contributed by atoms with Crippen LogP contribution in [0.2, 0.25) is 0 Å². The Labute approximate surface area is 96.9 Å². The molecule has 3 N–H and O–H groups in total. The summed E-state index contributed by atoms with van der Waals surface area (Å²) in [7, 11) is 0. The number of fused-ring (bicyclic) bond motifs is 1. The summed E-state index contributed by atoms with van der Waals surface area (Å²) in [5, 5.41) is 9.69. The number of benzene rings is 1. The first-order chi connectivity index (χ1) is 7.59. The first-order valence-corrected chi connectivity index (χ1v) is 5.92. The molecular weight excluding hydrogens is 200 g/mol. The molecule has 1 aliphatic heterocycles. The summed E-state index contributed by atoms with van der Waals surface area (Å²) in [4.78, 5) is 2.28. The molecule has 2 rings (SSSR count). The van der Waals surface area contributed by atoms with E-state index in [0.717, 1.165) is 25.1 Å². The van der Waals surface area contributed by atoms with Gasteiger partial charge in [-0.1, -0.05) is 0 Å². The quantitative estimate of drug-likeness (QED) is 0.747. The number of aryl methyl sites for hydroxylation is 1. The van der Waals surface area contributed by atoms with Crippen LogP contribution in [0, 0.1) is 0 Å². The molecule has 0 fully saturated rings. The Morgan fingerprint density at radius 3 is 2.81 bits per heavy atom. The average molecular weight is 220 g/mol. The molecule has 0 radical (unpaired) electrons. The van der Waals surface area contributed by atoms with Crippen molar-refractivity contribution in [2.45, 2.75) is 38.8 Å². The van der Waals surface area contributed by atoms with Crippen molar-refractivity contribution >= 4 is 11.4 Å². The van der Waals surface area contributed by atoms with E-state index in [0.29, 0.717) is 0 Å². The van der Waals surface area contributed by atoms with Crippen LogP contribution in [0.3, 0.4) is 0 Å². The molecule has 1 aromatic carbocycles. The fraction of sp³-hybridized carbons (Fsp3) is 0.538. The van der Waals surface area contributed by atoms with Crippen LogP contribution in [0.25, 0.3) is 0 Å². The predicted molar refractivity (Wildman–Crippen MR) is 67.7 cm³/mol. The lowest BCUT2D eigenvalue weighted by Gasteiger charge is -2.37. The molecular formula is C13H20N2O. The highest BCUT2D eigenvalue weighted by molar-refractivity contribution is 5.61. The second-order valence-electron chi connectivity index (χ2n) is 4.67. The molecule has 0 saturated heterocycles. The van der Waals surface area contributed by atoms with Crippen LogP contribution in [0.4, 0.5) is 11.4 Å². The molecule has 0 bridgehead atoms. The largest absolute Gasteiger partial charge is 0.399 e. The summed E-state index contributed by atoms with van der Waals surface area (Å²) >= 11 is 0. The molecule has 88 valence electrons. The predicted octanol–water partition coefficient (Wildman–Crippen LogP) is 1.79. The number of nitrogens with two attached hydrogens (primary N) is 1. The Morgan fingerprint density at radius 1 is 1.38 bits per heavy atom. The van der Waals surface area contributed by atoms with E-state index < -0.39 is 0 Å². The number of nitrogen functional groups attached to an aromatic ring is 1. The van der Waals surface area contributed by atoms with Crippen molar-refractivity contribution in [3.63, 3.8) is 0 Å². The normalized spacial score (nSPS) is 19.1. The fourth-order valence-electron chi connectivity index (χ4n) is 2.33. The summed E-state index contributed by atoms with van der Waals surface area (Å²) in [6.45, 7) is 4.93. The maximum atomic E-state index is 9.69. The maximum Gasteiger partial charge on any atom is 0.0712 e. The molecule has 0 aromatic heterocycles. The minimum Gasteiger partial charge on any atom is -0.399 e.